The number of imidazole rings is 1. The predicted molar refractivity (Wildman–Crippen MR) is 126 cm³/mol. The van der Waals surface area contributed by atoms with E-state index in [4.69, 9.17) is 5.41 Å². The third-order valence-corrected chi connectivity index (χ3v) is 5.52. The van der Waals surface area contributed by atoms with Gasteiger partial charge >= 0.3 is 5.69 Å². The predicted octanol–water partition coefficient (Wildman–Crippen LogP) is 2.33. The highest BCUT2D eigenvalue weighted by Gasteiger charge is 2.20. The molecule has 1 aromatic carbocycles. The topological polar surface area (TPSA) is 105 Å². The Morgan fingerprint density at radius 1 is 1.19 bits per heavy atom. The van der Waals surface area contributed by atoms with Crippen LogP contribution in [0.5, 0.6) is 0 Å². The minimum absolute atomic E-state index is 0.205. The number of benzene rings is 1. The first-order valence-corrected chi connectivity index (χ1v) is 10.1. The van der Waals surface area contributed by atoms with Crippen LogP contribution in [-0.4, -0.2) is 38.9 Å². The van der Waals surface area contributed by atoms with Crippen LogP contribution in [0, 0.1) is 12.3 Å². The van der Waals surface area contributed by atoms with Gasteiger partial charge in [0.25, 0.3) is 0 Å². The fourth-order valence-corrected chi connectivity index (χ4v) is 3.87. The number of nitrogens with two attached hydrogens (primary N) is 1. The Kier molecular flexibility index (Phi) is 5.16. The van der Waals surface area contributed by atoms with Crippen LogP contribution in [0.4, 0.5) is 5.69 Å². The van der Waals surface area contributed by atoms with Gasteiger partial charge in [-0.15, -0.1) is 0 Å². The van der Waals surface area contributed by atoms with E-state index in [0.717, 1.165) is 44.4 Å². The van der Waals surface area contributed by atoms with Gasteiger partial charge in [0.1, 0.15) is 11.9 Å². The molecule has 0 aliphatic carbocycles. The van der Waals surface area contributed by atoms with Gasteiger partial charge in [0, 0.05) is 31.2 Å². The molecule has 4 rings (SSSR count). The molecule has 0 aliphatic heterocycles. The van der Waals surface area contributed by atoms with Gasteiger partial charge in [0.05, 0.1) is 46.9 Å². The van der Waals surface area contributed by atoms with Crippen molar-refractivity contribution in [3.05, 3.63) is 59.0 Å². The monoisotopic (exact) mass is 416 g/mol. The van der Waals surface area contributed by atoms with Crippen molar-refractivity contribution in [2.45, 2.75) is 13.8 Å². The normalized spacial score (nSPS) is 12.0. The molecule has 8 nitrogen and oxygen atoms in total. The third kappa shape index (κ3) is 3.30. The van der Waals surface area contributed by atoms with Crippen LogP contribution < -0.4 is 16.3 Å². The Morgan fingerprint density at radius 3 is 2.65 bits per heavy atom. The first kappa shape index (κ1) is 20.5. The lowest BCUT2D eigenvalue weighted by molar-refractivity contribution is -0.555. The number of hydrogen-bond donors (Lipinski definition) is 3. The number of hydrogen-bond acceptors (Lipinski definition) is 5. The minimum atomic E-state index is -0.205. The number of allylic oxidation sites excluding steroid dienone is 1. The Bertz CT molecular complexity index is 1430. The van der Waals surface area contributed by atoms with E-state index in [2.05, 4.69) is 21.4 Å². The zero-order valence-electron chi connectivity index (χ0n) is 18.3. The van der Waals surface area contributed by atoms with Crippen molar-refractivity contribution in [3.8, 4) is 11.1 Å². The molecule has 3 heterocycles. The molecule has 0 fully saturated rings. The average Bonchev–Trinajstić information content (AvgIpc) is 3.02. The Hall–Kier alpha value is -3.78. The minimum Gasteiger partial charge on any atom is -0.387 e. The summed E-state index contributed by atoms with van der Waals surface area (Å²) in [6.45, 7) is 3.65. The highest BCUT2D eigenvalue weighted by atomic mass is 16.1. The summed E-state index contributed by atoms with van der Waals surface area (Å²) in [6.07, 6.45) is 5.36. The first-order chi connectivity index (χ1) is 14.9. The summed E-state index contributed by atoms with van der Waals surface area (Å²) in [5.41, 5.74) is 6.75. The summed E-state index contributed by atoms with van der Waals surface area (Å²) < 4.78 is 3.19. The molecule has 31 heavy (non-hydrogen) atoms. The molecule has 0 radical (unpaired) electrons. The molecule has 8 heteroatoms. The van der Waals surface area contributed by atoms with E-state index < -0.39 is 0 Å². The fraction of sp³-hybridized carbons (Fsp3) is 0.217. The lowest BCUT2D eigenvalue weighted by Gasteiger charge is -2.10. The van der Waals surface area contributed by atoms with Crippen LogP contribution in [0.1, 0.15) is 12.6 Å². The lowest BCUT2D eigenvalue weighted by atomic mass is 10.0. The number of rotatable bonds is 5. The van der Waals surface area contributed by atoms with Gasteiger partial charge in [-0.3, -0.25) is 19.1 Å². The van der Waals surface area contributed by atoms with Gasteiger partial charge in [-0.1, -0.05) is 6.07 Å². The largest absolute Gasteiger partial charge is 0.387 e. The molecule has 4 N–H and O–H groups in total. The van der Waals surface area contributed by atoms with Gasteiger partial charge in [-0.05, 0) is 37.6 Å². The SMILES string of the molecule is CNc1cc(-c2ccc3ncc4c(c3c2)n(C(=C[NH2+]C)C(C)=N)c(=O)n4C)cnc1C. The van der Waals surface area contributed by atoms with Crippen LogP contribution in [0.2, 0.25) is 0 Å². The standard InChI is InChI=1S/C23H25N7O/c1-13(24)20(11-25-3)30-22-17-8-15(16-9-19(26-4)14(2)27-10-16)6-7-18(17)28-12-21(22)29(5)23(30)31/h6-12,24-26H,1-5H3/p+1. The number of aryl methyl sites for hydroxylation is 2. The molecule has 0 atom stereocenters. The quantitative estimate of drug-likeness (QED) is 0.434. The van der Waals surface area contributed by atoms with Crippen molar-refractivity contribution >= 4 is 39.0 Å². The molecular weight excluding hydrogens is 390 g/mol. The molecule has 0 bridgehead atoms. The number of nitrogens with zero attached hydrogens (tertiary/aromatic N) is 4. The van der Waals surface area contributed by atoms with Gasteiger partial charge < -0.3 is 16.0 Å². The van der Waals surface area contributed by atoms with E-state index in [1.165, 1.54) is 0 Å². The summed E-state index contributed by atoms with van der Waals surface area (Å²) in [5.74, 6) is 0. The molecular formula is C23H26N7O+. The van der Waals surface area contributed by atoms with Gasteiger partial charge in [-0.2, -0.15) is 0 Å². The number of fused-ring (bicyclic) bond motifs is 3. The van der Waals surface area contributed by atoms with Crippen molar-refractivity contribution in [1.82, 2.24) is 19.1 Å². The van der Waals surface area contributed by atoms with Gasteiger partial charge in [0.2, 0.25) is 0 Å². The summed E-state index contributed by atoms with van der Waals surface area (Å²) >= 11 is 0. The number of aromatic nitrogens is 4. The molecule has 0 saturated carbocycles. The fourth-order valence-electron chi connectivity index (χ4n) is 3.87. The maximum absolute atomic E-state index is 13.2. The maximum atomic E-state index is 13.2. The van der Waals surface area contributed by atoms with Crippen molar-refractivity contribution in [2.24, 2.45) is 7.05 Å². The number of pyridine rings is 2. The summed E-state index contributed by atoms with van der Waals surface area (Å²) in [4.78, 5) is 22.2. The smallest absolute Gasteiger partial charge is 0.333 e. The summed E-state index contributed by atoms with van der Waals surface area (Å²) in [5, 5.41) is 14.1. The maximum Gasteiger partial charge on any atom is 0.333 e. The van der Waals surface area contributed by atoms with E-state index in [-0.39, 0.29) is 5.69 Å². The third-order valence-electron chi connectivity index (χ3n) is 5.52. The average molecular weight is 417 g/mol. The second-order valence-corrected chi connectivity index (χ2v) is 7.52. The number of nitrogens with one attached hydrogen (secondary N) is 2. The van der Waals surface area contributed by atoms with Crippen LogP contribution in [0.3, 0.4) is 0 Å². The lowest BCUT2D eigenvalue weighted by Crippen LogP contribution is -2.73. The summed E-state index contributed by atoms with van der Waals surface area (Å²) in [7, 11) is 5.48. The zero-order chi connectivity index (χ0) is 22.3. The number of anilines is 1. The molecule has 0 amide bonds. The number of quaternary nitrogens is 1. The molecule has 4 aromatic rings. The van der Waals surface area contributed by atoms with Crippen LogP contribution in [0.25, 0.3) is 38.8 Å². The second-order valence-electron chi connectivity index (χ2n) is 7.52. The van der Waals surface area contributed by atoms with Crippen LogP contribution >= 0.6 is 0 Å². The van der Waals surface area contributed by atoms with E-state index in [9.17, 15) is 4.79 Å². The van der Waals surface area contributed by atoms with Crippen LogP contribution in [-0.2, 0) is 7.05 Å². The summed E-state index contributed by atoms with van der Waals surface area (Å²) in [6, 6.07) is 8.07. The van der Waals surface area contributed by atoms with Crippen LogP contribution in [0.15, 0.2) is 47.7 Å². The van der Waals surface area contributed by atoms with Gasteiger partial charge in [-0.25, -0.2) is 4.79 Å². The molecule has 158 valence electrons. The zero-order valence-corrected chi connectivity index (χ0v) is 18.3. The Morgan fingerprint density at radius 2 is 1.97 bits per heavy atom. The van der Waals surface area contributed by atoms with E-state index >= 15 is 0 Å². The van der Waals surface area contributed by atoms with E-state index in [0.29, 0.717) is 11.4 Å². The Labute approximate surface area is 179 Å². The van der Waals surface area contributed by atoms with Crippen molar-refractivity contribution < 1.29 is 5.32 Å². The Balaban J connectivity index is 2.08. The molecule has 0 spiro atoms. The highest BCUT2D eigenvalue weighted by Crippen LogP contribution is 2.30. The second kappa shape index (κ2) is 7.81. The molecule has 0 aliphatic rings. The van der Waals surface area contributed by atoms with Crippen molar-refractivity contribution in [1.29, 1.82) is 5.41 Å². The molecule has 0 unspecified atom stereocenters. The van der Waals surface area contributed by atoms with E-state index in [1.54, 1.807) is 35.5 Å². The van der Waals surface area contributed by atoms with E-state index in [1.807, 2.05) is 50.7 Å². The highest BCUT2D eigenvalue weighted by molar-refractivity contribution is 6.18. The van der Waals surface area contributed by atoms with Gasteiger partial charge in [0.15, 0.2) is 0 Å². The first-order valence-electron chi connectivity index (χ1n) is 10.1. The molecule has 3 aromatic heterocycles. The van der Waals surface area contributed by atoms with Crippen molar-refractivity contribution in [2.75, 3.05) is 19.4 Å². The molecule has 0 saturated heterocycles. The van der Waals surface area contributed by atoms with Crippen molar-refractivity contribution in [3.63, 3.8) is 0 Å².